The summed E-state index contributed by atoms with van der Waals surface area (Å²) in [5.41, 5.74) is 1.46. The molecule has 0 bridgehead atoms. The summed E-state index contributed by atoms with van der Waals surface area (Å²) in [5, 5.41) is 7.74. The number of halogens is 1. The summed E-state index contributed by atoms with van der Waals surface area (Å²) in [6, 6.07) is 7.40. The van der Waals surface area contributed by atoms with E-state index in [2.05, 4.69) is 15.6 Å². The highest BCUT2D eigenvalue weighted by atomic mass is 35.5. The van der Waals surface area contributed by atoms with Gasteiger partial charge in [-0.05, 0) is 37.6 Å². The van der Waals surface area contributed by atoms with Crippen LogP contribution in [0.1, 0.15) is 12.8 Å². The van der Waals surface area contributed by atoms with Crippen molar-refractivity contribution in [3.05, 3.63) is 35.5 Å². The van der Waals surface area contributed by atoms with E-state index >= 15 is 0 Å². The molecule has 0 unspecified atom stereocenters. The Bertz CT molecular complexity index is 638. The van der Waals surface area contributed by atoms with Crippen LogP contribution in [0.4, 0.5) is 5.69 Å². The number of fused-ring (bicyclic) bond motifs is 1. The molecule has 20 heavy (non-hydrogen) atoms. The summed E-state index contributed by atoms with van der Waals surface area (Å²) in [5.74, 6) is 0.0490. The molecule has 1 amide bonds. The average molecular weight is 290 g/mol. The van der Waals surface area contributed by atoms with Gasteiger partial charge in [-0.15, -0.1) is 0 Å². The van der Waals surface area contributed by atoms with E-state index in [4.69, 9.17) is 11.6 Å². The van der Waals surface area contributed by atoms with Crippen LogP contribution in [0.25, 0.3) is 10.9 Å². The van der Waals surface area contributed by atoms with E-state index < -0.39 is 0 Å². The highest BCUT2D eigenvalue weighted by molar-refractivity contribution is 6.32. The molecule has 3 rings (SSSR count). The summed E-state index contributed by atoms with van der Waals surface area (Å²) < 4.78 is 0. The summed E-state index contributed by atoms with van der Waals surface area (Å²) in [7, 11) is 0. The largest absolute Gasteiger partial charge is 0.324 e. The van der Waals surface area contributed by atoms with Gasteiger partial charge in [-0.25, -0.2) is 0 Å². The average Bonchev–Trinajstić information content (AvgIpc) is 2.48. The fourth-order valence-electron chi connectivity index (χ4n) is 2.56. The Morgan fingerprint density at radius 3 is 3.15 bits per heavy atom. The SMILES string of the molecule is O=C(Nc1cc(Cl)cc2cccnc12)[C@@H]1CCCNC1. The number of nitrogens with zero attached hydrogens (tertiary/aromatic N) is 1. The first-order chi connectivity index (χ1) is 9.74. The minimum absolute atomic E-state index is 0.0153. The van der Waals surface area contributed by atoms with Crippen molar-refractivity contribution < 1.29 is 4.79 Å². The van der Waals surface area contributed by atoms with Gasteiger partial charge in [-0.2, -0.15) is 0 Å². The quantitative estimate of drug-likeness (QED) is 0.894. The van der Waals surface area contributed by atoms with Crippen molar-refractivity contribution in [1.82, 2.24) is 10.3 Å². The first-order valence-corrected chi connectivity index (χ1v) is 7.18. The van der Waals surface area contributed by atoms with Crippen LogP contribution in [0.3, 0.4) is 0 Å². The molecule has 2 N–H and O–H groups in total. The van der Waals surface area contributed by atoms with Gasteiger partial charge >= 0.3 is 0 Å². The molecule has 0 radical (unpaired) electrons. The number of hydrogen-bond acceptors (Lipinski definition) is 3. The number of aromatic nitrogens is 1. The molecule has 5 heteroatoms. The maximum Gasteiger partial charge on any atom is 0.228 e. The smallest absolute Gasteiger partial charge is 0.228 e. The van der Waals surface area contributed by atoms with Gasteiger partial charge in [-0.3, -0.25) is 9.78 Å². The van der Waals surface area contributed by atoms with Crippen LogP contribution in [-0.4, -0.2) is 24.0 Å². The maximum atomic E-state index is 12.3. The number of carbonyl (C=O) groups is 1. The molecule has 0 saturated carbocycles. The van der Waals surface area contributed by atoms with Crippen LogP contribution < -0.4 is 10.6 Å². The summed E-state index contributed by atoms with van der Waals surface area (Å²) >= 11 is 6.10. The molecule has 2 heterocycles. The molecular weight excluding hydrogens is 274 g/mol. The second-order valence-corrected chi connectivity index (χ2v) is 5.50. The predicted molar refractivity (Wildman–Crippen MR) is 81.0 cm³/mol. The van der Waals surface area contributed by atoms with Gasteiger partial charge in [0.15, 0.2) is 0 Å². The number of benzene rings is 1. The Labute approximate surface area is 122 Å². The Balaban J connectivity index is 1.88. The number of anilines is 1. The zero-order chi connectivity index (χ0) is 13.9. The van der Waals surface area contributed by atoms with Crippen LogP contribution in [0, 0.1) is 5.92 Å². The first-order valence-electron chi connectivity index (χ1n) is 6.80. The molecule has 1 aromatic carbocycles. The summed E-state index contributed by atoms with van der Waals surface area (Å²) in [6.07, 6.45) is 3.67. The number of rotatable bonds is 2. The Morgan fingerprint density at radius 2 is 2.35 bits per heavy atom. The number of amides is 1. The fraction of sp³-hybridized carbons (Fsp3) is 0.333. The number of nitrogens with one attached hydrogen (secondary N) is 2. The third-order valence-corrected chi connectivity index (χ3v) is 3.81. The summed E-state index contributed by atoms with van der Waals surface area (Å²) in [6.45, 7) is 1.73. The van der Waals surface area contributed by atoms with Crippen molar-refractivity contribution in [2.75, 3.05) is 18.4 Å². The van der Waals surface area contributed by atoms with Gasteiger partial charge in [0.2, 0.25) is 5.91 Å². The number of carbonyl (C=O) groups excluding carboxylic acids is 1. The van der Waals surface area contributed by atoms with Gasteiger partial charge in [0.25, 0.3) is 0 Å². The topological polar surface area (TPSA) is 54.0 Å². The molecule has 1 aromatic heterocycles. The Kier molecular flexibility index (Phi) is 3.85. The van der Waals surface area contributed by atoms with Crippen molar-refractivity contribution in [3.8, 4) is 0 Å². The third kappa shape index (κ3) is 2.76. The second-order valence-electron chi connectivity index (χ2n) is 5.06. The molecule has 1 atom stereocenters. The first kappa shape index (κ1) is 13.3. The Morgan fingerprint density at radius 1 is 1.45 bits per heavy atom. The number of piperidine rings is 1. The van der Waals surface area contributed by atoms with Gasteiger partial charge in [0, 0.05) is 23.2 Å². The van der Waals surface area contributed by atoms with Crippen LogP contribution in [0.2, 0.25) is 5.02 Å². The van der Waals surface area contributed by atoms with Gasteiger partial charge in [-0.1, -0.05) is 17.7 Å². The van der Waals surface area contributed by atoms with Crippen molar-refractivity contribution in [3.63, 3.8) is 0 Å². The minimum Gasteiger partial charge on any atom is -0.324 e. The molecule has 1 aliphatic heterocycles. The maximum absolute atomic E-state index is 12.3. The lowest BCUT2D eigenvalue weighted by atomic mass is 9.98. The molecule has 0 aliphatic carbocycles. The van der Waals surface area contributed by atoms with E-state index in [1.54, 1.807) is 12.3 Å². The second kappa shape index (κ2) is 5.77. The molecule has 1 fully saturated rings. The van der Waals surface area contributed by atoms with Crippen LogP contribution >= 0.6 is 11.6 Å². The predicted octanol–water partition coefficient (Wildman–Crippen LogP) is 2.83. The molecular formula is C15H16ClN3O. The van der Waals surface area contributed by atoms with E-state index in [-0.39, 0.29) is 11.8 Å². The number of hydrogen-bond donors (Lipinski definition) is 2. The van der Waals surface area contributed by atoms with Crippen molar-refractivity contribution in [1.29, 1.82) is 0 Å². The normalized spacial score (nSPS) is 18.9. The minimum atomic E-state index is 0.0153. The molecule has 1 aliphatic rings. The number of pyridine rings is 1. The zero-order valence-corrected chi connectivity index (χ0v) is 11.8. The highest BCUT2D eigenvalue weighted by Crippen LogP contribution is 2.27. The van der Waals surface area contributed by atoms with Gasteiger partial charge in [0.1, 0.15) is 0 Å². The highest BCUT2D eigenvalue weighted by Gasteiger charge is 2.21. The van der Waals surface area contributed by atoms with E-state index in [1.807, 2.05) is 18.2 Å². The van der Waals surface area contributed by atoms with Crippen LogP contribution in [0.15, 0.2) is 30.5 Å². The lowest BCUT2D eigenvalue weighted by Gasteiger charge is -2.22. The molecule has 1 saturated heterocycles. The van der Waals surface area contributed by atoms with E-state index in [0.29, 0.717) is 10.7 Å². The van der Waals surface area contributed by atoms with E-state index in [1.165, 1.54) is 0 Å². The van der Waals surface area contributed by atoms with Crippen molar-refractivity contribution in [2.45, 2.75) is 12.8 Å². The van der Waals surface area contributed by atoms with E-state index in [9.17, 15) is 4.79 Å². The zero-order valence-electron chi connectivity index (χ0n) is 11.0. The lowest BCUT2D eigenvalue weighted by Crippen LogP contribution is -2.37. The van der Waals surface area contributed by atoms with Crippen molar-refractivity contribution in [2.24, 2.45) is 5.92 Å². The van der Waals surface area contributed by atoms with Crippen LogP contribution in [0.5, 0.6) is 0 Å². The standard InChI is InChI=1S/C15H16ClN3O/c16-12-7-10-3-2-6-18-14(10)13(8-12)19-15(20)11-4-1-5-17-9-11/h2-3,6-8,11,17H,1,4-5,9H2,(H,19,20)/t11-/m1/s1. The molecule has 104 valence electrons. The molecule has 0 spiro atoms. The van der Waals surface area contributed by atoms with Gasteiger partial charge in [0.05, 0.1) is 17.1 Å². The summed E-state index contributed by atoms with van der Waals surface area (Å²) in [4.78, 5) is 16.6. The fourth-order valence-corrected chi connectivity index (χ4v) is 2.79. The lowest BCUT2D eigenvalue weighted by molar-refractivity contribution is -0.120. The van der Waals surface area contributed by atoms with E-state index in [0.717, 1.165) is 36.8 Å². The Hall–Kier alpha value is -1.65. The third-order valence-electron chi connectivity index (χ3n) is 3.60. The molecule has 2 aromatic rings. The molecule has 4 nitrogen and oxygen atoms in total. The van der Waals surface area contributed by atoms with Gasteiger partial charge < -0.3 is 10.6 Å². The monoisotopic (exact) mass is 289 g/mol. The van der Waals surface area contributed by atoms with Crippen molar-refractivity contribution >= 4 is 34.1 Å². The van der Waals surface area contributed by atoms with Crippen LogP contribution in [-0.2, 0) is 4.79 Å².